The van der Waals surface area contributed by atoms with Crippen LogP contribution in [0.1, 0.15) is 22.9 Å². The maximum absolute atomic E-state index is 11.7. The van der Waals surface area contributed by atoms with Crippen LogP contribution in [0.15, 0.2) is 10.6 Å². The highest BCUT2D eigenvalue weighted by molar-refractivity contribution is 5.67. The zero-order valence-corrected chi connectivity index (χ0v) is 4.75. The Bertz CT molecular complexity index is 233. The topological polar surface area (TPSA) is 43.1 Å². The number of aromatic nitrogens is 1. The van der Waals surface area contributed by atoms with E-state index in [1.165, 1.54) is 0 Å². The predicted molar refractivity (Wildman–Crippen MR) is 26.8 cm³/mol. The molecule has 0 aliphatic heterocycles. The van der Waals surface area contributed by atoms with E-state index in [1.807, 2.05) is 0 Å². The fraction of sp³-hybridized carbons (Fsp3) is 0.200. The molecule has 0 fully saturated rings. The van der Waals surface area contributed by atoms with Crippen molar-refractivity contribution in [3.8, 4) is 0 Å². The fourth-order valence-corrected chi connectivity index (χ4v) is 0.456. The lowest BCUT2D eigenvalue weighted by molar-refractivity contribution is 0.105. The molecule has 0 aliphatic carbocycles. The molecule has 1 aromatic rings. The smallest absolute Gasteiger partial charge is 0.297 e. The van der Waals surface area contributed by atoms with E-state index >= 15 is 0 Å². The Balaban J connectivity index is 2.88. The molecule has 5 heteroatoms. The Morgan fingerprint density at radius 2 is 2.40 bits per heavy atom. The van der Waals surface area contributed by atoms with Crippen LogP contribution in [0.4, 0.5) is 8.78 Å². The maximum Gasteiger partial charge on any atom is 0.297 e. The van der Waals surface area contributed by atoms with Gasteiger partial charge in [0, 0.05) is 0 Å². The van der Waals surface area contributed by atoms with Crippen molar-refractivity contribution in [2.45, 2.75) is 6.43 Å². The Morgan fingerprint density at radius 1 is 1.70 bits per heavy atom. The average molecular weight is 147 g/mol. The first-order valence-electron chi connectivity index (χ1n) is 2.43. The van der Waals surface area contributed by atoms with Gasteiger partial charge in [0.25, 0.3) is 12.3 Å². The van der Waals surface area contributed by atoms with Gasteiger partial charge in [-0.2, -0.15) is 0 Å². The van der Waals surface area contributed by atoms with Crippen LogP contribution in [0.5, 0.6) is 0 Å². The van der Waals surface area contributed by atoms with Gasteiger partial charge in [0.15, 0.2) is 5.76 Å². The number of rotatable bonds is 2. The summed E-state index contributed by atoms with van der Waals surface area (Å²) < 4.78 is 27.6. The standard InChI is InChI=1S/C5H3F2NO2/c6-5(7)3-1-8-4(2-9)10-3/h1-2,5H. The first-order valence-corrected chi connectivity index (χ1v) is 2.43. The molecule has 0 aromatic carbocycles. The van der Waals surface area contributed by atoms with Gasteiger partial charge in [0.2, 0.25) is 6.29 Å². The molecule has 0 bridgehead atoms. The molecule has 1 rings (SSSR count). The van der Waals surface area contributed by atoms with Gasteiger partial charge in [0.05, 0.1) is 6.20 Å². The molecule has 10 heavy (non-hydrogen) atoms. The van der Waals surface area contributed by atoms with E-state index in [1.54, 1.807) is 0 Å². The molecule has 0 radical (unpaired) electrons. The monoisotopic (exact) mass is 147 g/mol. The third kappa shape index (κ3) is 1.18. The van der Waals surface area contributed by atoms with Gasteiger partial charge in [-0.1, -0.05) is 0 Å². The lowest BCUT2D eigenvalue weighted by Gasteiger charge is -1.86. The summed E-state index contributed by atoms with van der Waals surface area (Å²) in [5, 5.41) is 0. The summed E-state index contributed by atoms with van der Waals surface area (Å²) >= 11 is 0. The third-order valence-corrected chi connectivity index (χ3v) is 0.857. The van der Waals surface area contributed by atoms with Crippen LogP contribution in [0.25, 0.3) is 0 Å². The first-order chi connectivity index (χ1) is 4.74. The van der Waals surface area contributed by atoms with Crippen LogP contribution in [0, 0.1) is 0 Å². The molecule has 54 valence electrons. The van der Waals surface area contributed by atoms with Crippen molar-refractivity contribution in [1.82, 2.24) is 4.98 Å². The molecule has 0 saturated carbocycles. The summed E-state index contributed by atoms with van der Waals surface area (Å²) in [6.45, 7) is 0. The van der Waals surface area contributed by atoms with Gasteiger partial charge >= 0.3 is 0 Å². The molecule has 0 N–H and O–H groups in total. The molecular weight excluding hydrogens is 144 g/mol. The van der Waals surface area contributed by atoms with E-state index in [-0.39, 0.29) is 12.2 Å². The largest absolute Gasteiger partial charge is 0.433 e. The van der Waals surface area contributed by atoms with Crippen LogP contribution in [0.2, 0.25) is 0 Å². The number of carbonyl (C=O) groups is 1. The summed E-state index contributed by atoms with van der Waals surface area (Å²) in [5.41, 5.74) is 0. The summed E-state index contributed by atoms with van der Waals surface area (Å²) in [6.07, 6.45) is -1.61. The number of hydrogen-bond acceptors (Lipinski definition) is 3. The molecule has 0 unspecified atom stereocenters. The molecule has 1 heterocycles. The Hall–Kier alpha value is -1.26. The Kier molecular flexibility index (Phi) is 1.75. The quantitative estimate of drug-likeness (QED) is 0.594. The summed E-state index contributed by atoms with van der Waals surface area (Å²) in [7, 11) is 0. The number of aldehydes is 1. The van der Waals surface area contributed by atoms with Gasteiger partial charge in [-0.3, -0.25) is 4.79 Å². The number of nitrogens with zero attached hydrogens (tertiary/aromatic N) is 1. The second kappa shape index (κ2) is 2.55. The predicted octanol–water partition coefficient (Wildman–Crippen LogP) is 1.42. The minimum absolute atomic E-state index is 0.270. The number of alkyl halides is 2. The van der Waals surface area contributed by atoms with Gasteiger partial charge in [-0.05, 0) is 0 Å². The van der Waals surface area contributed by atoms with Crippen molar-refractivity contribution in [2.75, 3.05) is 0 Å². The molecule has 0 saturated heterocycles. The zero-order chi connectivity index (χ0) is 7.56. The van der Waals surface area contributed by atoms with Crippen molar-refractivity contribution < 1.29 is 18.0 Å². The van der Waals surface area contributed by atoms with Crippen LogP contribution in [0.3, 0.4) is 0 Å². The number of halogens is 2. The van der Waals surface area contributed by atoms with Crippen LogP contribution >= 0.6 is 0 Å². The van der Waals surface area contributed by atoms with Crippen molar-refractivity contribution >= 4 is 6.29 Å². The van der Waals surface area contributed by atoms with Gasteiger partial charge in [-0.15, -0.1) is 0 Å². The number of oxazole rings is 1. The second-order valence-electron chi connectivity index (χ2n) is 1.52. The lowest BCUT2D eigenvalue weighted by Crippen LogP contribution is -1.76. The average Bonchev–Trinajstić information content (AvgIpc) is 2.34. The molecule has 0 aliphatic rings. The molecule has 0 amide bonds. The highest BCUT2D eigenvalue weighted by Gasteiger charge is 2.12. The van der Waals surface area contributed by atoms with Gasteiger partial charge in [0.1, 0.15) is 0 Å². The zero-order valence-electron chi connectivity index (χ0n) is 4.75. The van der Waals surface area contributed by atoms with Crippen molar-refractivity contribution in [3.63, 3.8) is 0 Å². The van der Waals surface area contributed by atoms with Gasteiger partial charge in [-0.25, -0.2) is 13.8 Å². The minimum atomic E-state index is -2.71. The molecular formula is C5H3F2NO2. The van der Waals surface area contributed by atoms with Crippen molar-refractivity contribution in [2.24, 2.45) is 0 Å². The Labute approximate surface area is 54.7 Å². The van der Waals surface area contributed by atoms with E-state index in [0.717, 1.165) is 6.20 Å². The highest BCUT2D eigenvalue weighted by atomic mass is 19.3. The Morgan fingerprint density at radius 3 is 2.70 bits per heavy atom. The van der Waals surface area contributed by atoms with Gasteiger partial charge < -0.3 is 4.42 Å². The van der Waals surface area contributed by atoms with Crippen LogP contribution in [-0.2, 0) is 0 Å². The van der Waals surface area contributed by atoms with E-state index in [9.17, 15) is 13.6 Å². The number of hydrogen-bond donors (Lipinski definition) is 0. The normalized spacial score (nSPS) is 10.3. The SMILES string of the molecule is O=Cc1ncc(C(F)F)o1. The number of carbonyl (C=O) groups excluding carboxylic acids is 1. The van der Waals surface area contributed by atoms with Crippen LogP contribution < -0.4 is 0 Å². The third-order valence-electron chi connectivity index (χ3n) is 0.857. The summed E-state index contributed by atoms with van der Waals surface area (Å²) in [4.78, 5) is 13.1. The second-order valence-corrected chi connectivity index (χ2v) is 1.52. The molecule has 3 nitrogen and oxygen atoms in total. The highest BCUT2D eigenvalue weighted by Crippen LogP contribution is 2.18. The molecule has 0 atom stereocenters. The van der Waals surface area contributed by atoms with Crippen molar-refractivity contribution in [3.05, 3.63) is 17.8 Å². The van der Waals surface area contributed by atoms with E-state index < -0.39 is 12.2 Å². The van der Waals surface area contributed by atoms with E-state index in [2.05, 4.69) is 9.40 Å². The van der Waals surface area contributed by atoms with E-state index in [4.69, 9.17) is 0 Å². The maximum atomic E-state index is 11.7. The minimum Gasteiger partial charge on any atom is -0.433 e. The first kappa shape index (κ1) is 6.85. The summed E-state index contributed by atoms with van der Waals surface area (Å²) in [5.74, 6) is -0.905. The van der Waals surface area contributed by atoms with Crippen molar-refractivity contribution in [1.29, 1.82) is 0 Å². The fourth-order valence-electron chi connectivity index (χ4n) is 0.456. The lowest BCUT2D eigenvalue weighted by atomic mass is 10.5. The molecule has 1 aromatic heterocycles. The summed E-state index contributed by atoms with van der Waals surface area (Å²) in [6, 6.07) is 0. The van der Waals surface area contributed by atoms with E-state index in [0.29, 0.717) is 0 Å². The van der Waals surface area contributed by atoms with Crippen LogP contribution in [-0.4, -0.2) is 11.3 Å². The molecule has 0 spiro atoms.